The molecule has 0 saturated heterocycles. The Labute approximate surface area is 310 Å². The first-order valence-corrected chi connectivity index (χ1v) is 17.9. The summed E-state index contributed by atoms with van der Waals surface area (Å²) in [5.41, 5.74) is 9.55. The molecule has 10 rings (SSSR count). The minimum absolute atomic E-state index is 0.720. The fraction of sp³-hybridized carbons (Fsp3) is 0.0417. The molecule has 4 heterocycles. The molecule has 54 heavy (non-hydrogen) atoms. The van der Waals surface area contributed by atoms with E-state index in [9.17, 15) is 0 Å². The van der Waals surface area contributed by atoms with Crippen molar-refractivity contribution in [2.45, 2.75) is 13.8 Å². The molecule has 6 heteroatoms. The Morgan fingerprint density at radius 2 is 0.593 bits per heavy atom. The molecule has 0 spiro atoms. The first-order chi connectivity index (χ1) is 26.6. The van der Waals surface area contributed by atoms with Gasteiger partial charge in [0.1, 0.15) is 45.4 Å². The molecule has 0 aliphatic carbocycles. The number of hydrogen-bond acceptors (Lipinski definition) is 6. The lowest BCUT2D eigenvalue weighted by molar-refractivity contribution is 0.628. The van der Waals surface area contributed by atoms with Crippen molar-refractivity contribution in [1.29, 1.82) is 0 Å². The van der Waals surface area contributed by atoms with Gasteiger partial charge in [-0.05, 0) is 86.6 Å². The van der Waals surface area contributed by atoms with Crippen LogP contribution in [0.2, 0.25) is 0 Å². The molecule has 0 aliphatic rings. The number of fused-ring (bicyclic) bond motifs is 4. The van der Waals surface area contributed by atoms with Gasteiger partial charge in [-0.1, -0.05) is 84.9 Å². The van der Waals surface area contributed by atoms with E-state index >= 15 is 0 Å². The quantitative estimate of drug-likeness (QED) is 0.155. The summed E-state index contributed by atoms with van der Waals surface area (Å²) in [6.45, 7) is 3.97. The van der Waals surface area contributed by atoms with Crippen molar-refractivity contribution >= 4 is 66.7 Å². The van der Waals surface area contributed by atoms with Gasteiger partial charge >= 0.3 is 0 Å². The molecule has 6 nitrogen and oxygen atoms in total. The molecular weight excluding hydrogens is 669 g/mol. The summed E-state index contributed by atoms with van der Waals surface area (Å²) >= 11 is 0. The topological polar surface area (TPSA) is 77.3 Å². The van der Waals surface area contributed by atoms with E-state index < -0.39 is 0 Å². The Bertz CT molecular complexity index is 2570. The van der Waals surface area contributed by atoms with E-state index in [4.69, 9.17) is 27.7 Å². The third-order valence-corrected chi connectivity index (χ3v) is 9.92. The van der Waals surface area contributed by atoms with Crippen LogP contribution in [0, 0.1) is 0 Å². The van der Waals surface area contributed by atoms with Crippen LogP contribution in [0.25, 0.3) is 89.2 Å². The molecule has 0 unspecified atom stereocenters. The van der Waals surface area contributed by atoms with Crippen LogP contribution in [0.1, 0.15) is 13.8 Å². The summed E-state index contributed by atoms with van der Waals surface area (Å²) in [6, 6.07) is 52.5. The monoisotopic (exact) mass is 700 g/mol. The van der Waals surface area contributed by atoms with Crippen LogP contribution < -0.4 is 0 Å². The fourth-order valence-electron chi connectivity index (χ4n) is 7.08. The molecule has 0 fully saturated rings. The van der Waals surface area contributed by atoms with E-state index in [1.807, 2.05) is 123 Å². The summed E-state index contributed by atoms with van der Waals surface area (Å²) in [5, 5.41) is 4.08. The average molecular weight is 701 g/mol. The Morgan fingerprint density at radius 1 is 0.333 bits per heavy atom. The Morgan fingerprint density at radius 3 is 0.852 bits per heavy atom. The van der Waals surface area contributed by atoms with Gasteiger partial charge in [-0.3, -0.25) is 9.98 Å². The number of benzene rings is 6. The lowest BCUT2D eigenvalue weighted by atomic mass is 10.0. The molecule has 10 aromatic rings. The Balaban J connectivity index is 1.16. The number of rotatable bonds is 7. The highest BCUT2D eigenvalue weighted by Crippen LogP contribution is 2.45. The van der Waals surface area contributed by atoms with Crippen molar-refractivity contribution in [1.82, 2.24) is 0 Å². The smallest absolute Gasteiger partial charge is 0.137 e. The SMILES string of the molecule is CC(=Nc1c(-c2cc3ccccc3o2)cccc1-c1cc2ccccc2o1)C(C)=Nc1c(-c2cc3ccccc3o2)cccc1-c1cc2ccccc2o1. The van der Waals surface area contributed by atoms with Crippen molar-refractivity contribution in [3.05, 3.63) is 158 Å². The number of aliphatic imine (C=N–C) groups is 2. The zero-order chi connectivity index (χ0) is 36.2. The lowest BCUT2D eigenvalue weighted by Crippen LogP contribution is -2.05. The van der Waals surface area contributed by atoms with Gasteiger partial charge in [-0.25, -0.2) is 0 Å². The maximum absolute atomic E-state index is 6.41. The molecule has 0 atom stereocenters. The van der Waals surface area contributed by atoms with Crippen LogP contribution in [-0.4, -0.2) is 11.4 Å². The maximum Gasteiger partial charge on any atom is 0.137 e. The second-order valence-corrected chi connectivity index (χ2v) is 13.4. The van der Waals surface area contributed by atoms with Crippen molar-refractivity contribution in [3.63, 3.8) is 0 Å². The van der Waals surface area contributed by atoms with E-state index in [2.05, 4.69) is 48.5 Å². The van der Waals surface area contributed by atoms with E-state index in [0.717, 1.165) is 112 Å². The molecule has 6 aromatic carbocycles. The van der Waals surface area contributed by atoms with Crippen LogP contribution in [0.15, 0.2) is 185 Å². The van der Waals surface area contributed by atoms with Crippen LogP contribution in [0.3, 0.4) is 0 Å². The highest BCUT2D eigenvalue weighted by atomic mass is 16.3. The number of hydrogen-bond donors (Lipinski definition) is 0. The maximum atomic E-state index is 6.41. The predicted octanol–water partition coefficient (Wildman–Crippen LogP) is 14.2. The average Bonchev–Trinajstić information content (AvgIpc) is 4.02. The van der Waals surface area contributed by atoms with Crippen LogP contribution in [0.5, 0.6) is 0 Å². The van der Waals surface area contributed by atoms with Gasteiger partial charge in [0, 0.05) is 43.8 Å². The van der Waals surface area contributed by atoms with Gasteiger partial charge in [0.05, 0.1) is 22.8 Å². The van der Waals surface area contributed by atoms with Gasteiger partial charge < -0.3 is 17.7 Å². The van der Waals surface area contributed by atoms with Gasteiger partial charge in [-0.15, -0.1) is 0 Å². The summed E-state index contributed by atoms with van der Waals surface area (Å²) < 4.78 is 25.6. The van der Waals surface area contributed by atoms with E-state index in [1.54, 1.807) is 0 Å². The predicted molar refractivity (Wildman–Crippen MR) is 219 cm³/mol. The molecule has 0 amide bonds. The van der Waals surface area contributed by atoms with Crippen molar-refractivity contribution in [3.8, 4) is 45.3 Å². The minimum atomic E-state index is 0.720. The number of furan rings is 4. The molecule has 0 N–H and O–H groups in total. The second kappa shape index (κ2) is 12.8. The molecule has 0 saturated carbocycles. The number of nitrogens with zero attached hydrogens (tertiary/aromatic N) is 2. The summed E-state index contributed by atoms with van der Waals surface area (Å²) in [6.07, 6.45) is 0. The van der Waals surface area contributed by atoms with Gasteiger partial charge in [-0.2, -0.15) is 0 Å². The van der Waals surface area contributed by atoms with Gasteiger partial charge in [0.25, 0.3) is 0 Å². The minimum Gasteiger partial charge on any atom is -0.456 e. The third-order valence-electron chi connectivity index (χ3n) is 9.92. The molecule has 4 aromatic heterocycles. The first kappa shape index (κ1) is 31.5. The standard InChI is InChI=1S/C48H32N2O4/c1-29(49-47-35(43-25-31-13-3-7-21-39(31)51-43)17-11-18-36(47)44-26-32-14-4-8-22-40(32)52-44)30(2)50-48-37(45-27-33-15-5-9-23-41(33)53-45)19-12-20-38(48)46-28-34-16-6-10-24-42(34)54-46/h3-28H,1-2H3. The van der Waals surface area contributed by atoms with Crippen molar-refractivity contribution < 1.29 is 17.7 Å². The third kappa shape index (κ3) is 5.52. The Kier molecular flexibility index (Phi) is 7.47. The molecule has 0 aliphatic heterocycles. The number of para-hydroxylation sites is 6. The van der Waals surface area contributed by atoms with Crippen molar-refractivity contribution in [2.75, 3.05) is 0 Å². The largest absolute Gasteiger partial charge is 0.456 e. The zero-order valence-corrected chi connectivity index (χ0v) is 29.5. The van der Waals surface area contributed by atoms with Gasteiger partial charge in [0.15, 0.2) is 0 Å². The molecular formula is C48H32N2O4. The molecule has 0 bridgehead atoms. The first-order valence-electron chi connectivity index (χ1n) is 17.9. The second-order valence-electron chi connectivity index (χ2n) is 13.4. The normalized spacial score (nSPS) is 12.5. The summed E-state index contributed by atoms with van der Waals surface area (Å²) in [5.74, 6) is 2.88. The van der Waals surface area contributed by atoms with Crippen LogP contribution in [-0.2, 0) is 0 Å². The zero-order valence-electron chi connectivity index (χ0n) is 29.5. The molecule has 258 valence electrons. The van der Waals surface area contributed by atoms with E-state index in [1.165, 1.54) is 0 Å². The summed E-state index contributed by atoms with van der Waals surface area (Å²) in [4.78, 5) is 10.7. The Hall–Kier alpha value is -7.18. The fourth-order valence-corrected chi connectivity index (χ4v) is 7.08. The highest BCUT2D eigenvalue weighted by Gasteiger charge is 2.21. The van der Waals surface area contributed by atoms with E-state index in [-0.39, 0.29) is 0 Å². The van der Waals surface area contributed by atoms with Crippen LogP contribution >= 0.6 is 0 Å². The van der Waals surface area contributed by atoms with Gasteiger partial charge in [0.2, 0.25) is 0 Å². The van der Waals surface area contributed by atoms with Crippen molar-refractivity contribution in [2.24, 2.45) is 9.98 Å². The molecule has 0 radical (unpaired) electrons. The van der Waals surface area contributed by atoms with Crippen LogP contribution in [0.4, 0.5) is 11.4 Å². The highest BCUT2D eigenvalue weighted by molar-refractivity contribution is 6.42. The van der Waals surface area contributed by atoms with E-state index in [0.29, 0.717) is 0 Å². The lowest BCUT2D eigenvalue weighted by Gasteiger charge is -2.12. The summed E-state index contributed by atoms with van der Waals surface area (Å²) in [7, 11) is 0.